The average Bonchev–Trinajstić information content (AvgIpc) is 2.89. The van der Waals surface area contributed by atoms with Gasteiger partial charge in [-0.05, 0) is 30.4 Å². The molecule has 1 aromatic heterocycles. The van der Waals surface area contributed by atoms with Crippen molar-refractivity contribution in [1.29, 1.82) is 0 Å². The lowest BCUT2D eigenvalue weighted by atomic mass is 10.1. The number of anilines is 2. The van der Waals surface area contributed by atoms with Crippen molar-refractivity contribution < 1.29 is 5.11 Å². The number of hydrogen-bond donors (Lipinski definition) is 2. The molecule has 1 aliphatic heterocycles. The number of aliphatic hydroxyl groups excluding tert-OH is 1. The van der Waals surface area contributed by atoms with E-state index >= 15 is 0 Å². The number of hydrogen-bond acceptors (Lipinski definition) is 6. The van der Waals surface area contributed by atoms with Gasteiger partial charge in [0.2, 0.25) is 17.2 Å². The molecule has 1 aliphatic rings. The lowest BCUT2D eigenvalue weighted by Crippen LogP contribution is -2.26. The standard InChI is InChI=1S/C12H20ClN5O/c1-8(2)9(19)7-14-11-15-10(13)16-12(17-11)18-5-3-4-6-18/h8-9,19H,3-7H2,1-2H3,(H,14,15,16,17). The Kier molecular flexibility index (Phi) is 4.76. The van der Waals surface area contributed by atoms with Crippen LogP contribution in [0.5, 0.6) is 0 Å². The van der Waals surface area contributed by atoms with E-state index in [4.69, 9.17) is 11.6 Å². The van der Waals surface area contributed by atoms with Crippen LogP contribution in [-0.2, 0) is 0 Å². The van der Waals surface area contributed by atoms with Crippen LogP contribution in [0.15, 0.2) is 0 Å². The Morgan fingerprint density at radius 1 is 1.26 bits per heavy atom. The van der Waals surface area contributed by atoms with Gasteiger partial charge in [-0.2, -0.15) is 15.0 Å². The van der Waals surface area contributed by atoms with E-state index in [9.17, 15) is 5.11 Å². The fraction of sp³-hybridized carbons (Fsp3) is 0.750. The number of halogens is 1. The summed E-state index contributed by atoms with van der Waals surface area (Å²) in [7, 11) is 0. The van der Waals surface area contributed by atoms with Crippen LogP contribution >= 0.6 is 11.6 Å². The molecule has 0 amide bonds. The van der Waals surface area contributed by atoms with Gasteiger partial charge in [-0.25, -0.2) is 0 Å². The van der Waals surface area contributed by atoms with Gasteiger partial charge in [0.1, 0.15) is 0 Å². The van der Waals surface area contributed by atoms with Crippen molar-refractivity contribution in [3.05, 3.63) is 5.28 Å². The molecular formula is C12H20ClN5O. The van der Waals surface area contributed by atoms with Gasteiger partial charge < -0.3 is 15.3 Å². The minimum Gasteiger partial charge on any atom is -0.391 e. The fourth-order valence-electron chi connectivity index (χ4n) is 1.91. The first-order valence-corrected chi connectivity index (χ1v) is 7.02. The quantitative estimate of drug-likeness (QED) is 0.855. The summed E-state index contributed by atoms with van der Waals surface area (Å²) in [6.45, 7) is 6.23. The molecule has 0 spiro atoms. The molecule has 2 N–H and O–H groups in total. The van der Waals surface area contributed by atoms with Gasteiger partial charge in [0.05, 0.1) is 6.10 Å². The normalized spacial score (nSPS) is 17.0. The lowest BCUT2D eigenvalue weighted by Gasteiger charge is -2.17. The average molecular weight is 286 g/mol. The Morgan fingerprint density at radius 3 is 2.58 bits per heavy atom. The molecule has 1 atom stereocenters. The zero-order chi connectivity index (χ0) is 13.8. The summed E-state index contributed by atoms with van der Waals surface area (Å²) in [5, 5.41) is 12.9. The van der Waals surface area contributed by atoms with Gasteiger partial charge >= 0.3 is 0 Å². The van der Waals surface area contributed by atoms with E-state index in [1.807, 2.05) is 13.8 Å². The number of aromatic nitrogens is 3. The first-order valence-electron chi connectivity index (χ1n) is 6.64. The van der Waals surface area contributed by atoms with Crippen LogP contribution in [0.4, 0.5) is 11.9 Å². The maximum absolute atomic E-state index is 9.76. The second-order valence-electron chi connectivity index (χ2n) is 5.11. The highest BCUT2D eigenvalue weighted by Crippen LogP contribution is 2.18. The van der Waals surface area contributed by atoms with Crippen LogP contribution in [0, 0.1) is 5.92 Å². The number of nitrogens with one attached hydrogen (secondary N) is 1. The predicted molar refractivity (Wildman–Crippen MR) is 75.6 cm³/mol. The lowest BCUT2D eigenvalue weighted by molar-refractivity contribution is 0.137. The topological polar surface area (TPSA) is 74.2 Å². The molecule has 0 bridgehead atoms. The van der Waals surface area contributed by atoms with Gasteiger partial charge in [0.25, 0.3) is 0 Å². The second kappa shape index (κ2) is 6.34. The molecule has 1 saturated heterocycles. The van der Waals surface area contributed by atoms with E-state index in [1.54, 1.807) is 0 Å². The van der Waals surface area contributed by atoms with E-state index in [1.165, 1.54) is 0 Å². The Balaban J connectivity index is 2.04. The summed E-state index contributed by atoms with van der Waals surface area (Å²) in [5.41, 5.74) is 0. The highest BCUT2D eigenvalue weighted by Gasteiger charge is 2.17. The first-order chi connectivity index (χ1) is 9.06. The molecule has 0 radical (unpaired) electrons. The molecule has 1 unspecified atom stereocenters. The number of nitrogens with zero attached hydrogens (tertiary/aromatic N) is 4. The van der Waals surface area contributed by atoms with Gasteiger partial charge in [0.15, 0.2) is 0 Å². The predicted octanol–water partition coefficient (Wildman–Crippen LogP) is 1.55. The van der Waals surface area contributed by atoms with Crippen LogP contribution in [0.3, 0.4) is 0 Å². The van der Waals surface area contributed by atoms with Gasteiger partial charge in [-0.15, -0.1) is 0 Å². The molecule has 1 fully saturated rings. The molecule has 106 valence electrons. The third kappa shape index (κ3) is 3.91. The van der Waals surface area contributed by atoms with Gasteiger partial charge in [-0.1, -0.05) is 13.8 Å². The highest BCUT2D eigenvalue weighted by atomic mass is 35.5. The van der Waals surface area contributed by atoms with E-state index in [-0.39, 0.29) is 11.2 Å². The second-order valence-corrected chi connectivity index (χ2v) is 5.45. The summed E-state index contributed by atoms with van der Waals surface area (Å²) in [4.78, 5) is 14.6. The summed E-state index contributed by atoms with van der Waals surface area (Å²) < 4.78 is 0. The summed E-state index contributed by atoms with van der Waals surface area (Å²) >= 11 is 5.91. The minimum atomic E-state index is -0.439. The molecule has 7 heteroatoms. The zero-order valence-electron chi connectivity index (χ0n) is 11.3. The Bertz CT molecular complexity index is 423. The molecule has 0 aromatic carbocycles. The molecule has 6 nitrogen and oxygen atoms in total. The Hall–Kier alpha value is -1.14. The molecule has 19 heavy (non-hydrogen) atoms. The fourth-order valence-corrected chi connectivity index (χ4v) is 2.06. The van der Waals surface area contributed by atoms with Crippen LogP contribution in [-0.4, -0.2) is 45.8 Å². The Labute approximate surface area is 118 Å². The maximum atomic E-state index is 9.76. The SMILES string of the molecule is CC(C)C(O)CNc1nc(Cl)nc(N2CCCC2)n1. The Morgan fingerprint density at radius 2 is 1.95 bits per heavy atom. The van der Waals surface area contributed by atoms with Gasteiger partial charge in [-0.3, -0.25) is 0 Å². The molecular weight excluding hydrogens is 266 g/mol. The molecule has 0 saturated carbocycles. The summed E-state index contributed by atoms with van der Waals surface area (Å²) in [5.74, 6) is 1.21. The molecule has 1 aromatic rings. The van der Waals surface area contributed by atoms with Crippen LogP contribution in [0.1, 0.15) is 26.7 Å². The third-order valence-corrected chi connectivity index (χ3v) is 3.39. The monoisotopic (exact) mass is 285 g/mol. The smallest absolute Gasteiger partial charge is 0.231 e. The molecule has 0 aliphatic carbocycles. The number of aliphatic hydroxyl groups is 1. The van der Waals surface area contributed by atoms with Crippen molar-refractivity contribution in [1.82, 2.24) is 15.0 Å². The van der Waals surface area contributed by atoms with Gasteiger partial charge in [0, 0.05) is 19.6 Å². The largest absolute Gasteiger partial charge is 0.391 e. The zero-order valence-corrected chi connectivity index (χ0v) is 12.1. The van der Waals surface area contributed by atoms with Crippen molar-refractivity contribution in [3.8, 4) is 0 Å². The van der Waals surface area contributed by atoms with E-state index in [0.29, 0.717) is 18.4 Å². The van der Waals surface area contributed by atoms with Crippen molar-refractivity contribution in [2.75, 3.05) is 29.9 Å². The summed E-state index contributed by atoms with van der Waals surface area (Å²) in [6, 6.07) is 0. The third-order valence-electron chi connectivity index (χ3n) is 3.22. The first kappa shape index (κ1) is 14.3. The van der Waals surface area contributed by atoms with Crippen LogP contribution in [0.25, 0.3) is 0 Å². The van der Waals surface area contributed by atoms with Crippen molar-refractivity contribution >= 4 is 23.5 Å². The van der Waals surface area contributed by atoms with Crippen molar-refractivity contribution in [2.45, 2.75) is 32.8 Å². The van der Waals surface area contributed by atoms with E-state index < -0.39 is 6.10 Å². The van der Waals surface area contributed by atoms with Crippen LogP contribution < -0.4 is 10.2 Å². The van der Waals surface area contributed by atoms with Crippen molar-refractivity contribution in [3.63, 3.8) is 0 Å². The van der Waals surface area contributed by atoms with E-state index in [2.05, 4.69) is 25.2 Å². The van der Waals surface area contributed by atoms with Crippen molar-refractivity contribution in [2.24, 2.45) is 5.92 Å². The summed E-state index contributed by atoms with van der Waals surface area (Å²) in [6.07, 6.45) is 1.86. The van der Waals surface area contributed by atoms with E-state index in [0.717, 1.165) is 25.9 Å². The maximum Gasteiger partial charge on any atom is 0.231 e. The minimum absolute atomic E-state index is 0.179. The van der Waals surface area contributed by atoms with Crippen LogP contribution in [0.2, 0.25) is 5.28 Å². The number of rotatable bonds is 5. The highest BCUT2D eigenvalue weighted by molar-refractivity contribution is 6.28. The molecule has 2 heterocycles. The molecule has 2 rings (SSSR count).